The Bertz CT molecular complexity index is 454. The van der Waals surface area contributed by atoms with Crippen LogP contribution in [-0.4, -0.2) is 0 Å². The highest BCUT2D eigenvalue weighted by atomic mass is 14.4. The quantitative estimate of drug-likeness (QED) is 0.185. The van der Waals surface area contributed by atoms with Crippen LogP contribution in [0, 0.1) is 35.5 Å². The van der Waals surface area contributed by atoms with Gasteiger partial charge in [-0.3, -0.25) is 0 Å². The lowest BCUT2D eigenvalue weighted by atomic mass is 9.68. The predicted octanol–water partition coefficient (Wildman–Crippen LogP) is 10.9. The predicted molar refractivity (Wildman–Crippen MR) is 143 cm³/mol. The maximum absolute atomic E-state index is 3.89. The molecule has 3 fully saturated rings. The fourth-order valence-electron chi connectivity index (χ4n) is 7.78. The van der Waals surface area contributed by atoms with Crippen molar-refractivity contribution in [1.29, 1.82) is 0 Å². The Hall–Kier alpha value is -0.260. The molecule has 186 valence electrons. The fourth-order valence-corrected chi connectivity index (χ4v) is 7.78. The van der Waals surface area contributed by atoms with E-state index in [0.717, 1.165) is 35.5 Å². The van der Waals surface area contributed by atoms with Crippen LogP contribution in [0.4, 0.5) is 0 Å². The summed E-state index contributed by atoms with van der Waals surface area (Å²) in [4.78, 5) is 0. The Morgan fingerprint density at radius 1 is 0.500 bits per heavy atom. The van der Waals surface area contributed by atoms with E-state index >= 15 is 0 Å². The second-order valence-corrected chi connectivity index (χ2v) is 12.4. The molecule has 3 saturated carbocycles. The van der Waals surface area contributed by atoms with Gasteiger partial charge < -0.3 is 0 Å². The maximum Gasteiger partial charge on any atom is -0.0351 e. The second-order valence-electron chi connectivity index (χ2n) is 12.4. The molecule has 0 radical (unpaired) electrons. The molecule has 0 amide bonds. The average molecular weight is 443 g/mol. The van der Waals surface area contributed by atoms with Crippen molar-refractivity contribution >= 4 is 0 Å². The summed E-state index contributed by atoms with van der Waals surface area (Å²) in [5, 5.41) is 0. The summed E-state index contributed by atoms with van der Waals surface area (Å²) < 4.78 is 0. The minimum absolute atomic E-state index is 1.01. The lowest BCUT2D eigenvalue weighted by Gasteiger charge is -2.38. The summed E-state index contributed by atoms with van der Waals surface area (Å²) in [6.45, 7) is 6.22. The van der Waals surface area contributed by atoms with Crippen molar-refractivity contribution < 1.29 is 0 Å². The first kappa shape index (κ1) is 26.3. The number of rotatable bonds is 14. The Balaban J connectivity index is 1.18. The van der Waals surface area contributed by atoms with Crippen LogP contribution in [0.25, 0.3) is 0 Å². The van der Waals surface area contributed by atoms with Crippen molar-refractivity contribution in [2.45, 2.75) is 155 Å². The molecular formula is C32H58. The third-order valence-corrected chi connectivity index (χ3v) is 10.1. The summed E-state index contributed by atoms with van der Waals surface area (Å²) in [5.74, 6) is 6.44. The van der Waals surface area contributed by atoms with E-state index in [1.54, 1.807) is 57.8 Å². The lowest BCUT2D eigenvalue weighted by Crippen LogP contribution is -2.26. The molecule has 0 spiro atoms. The van der Waals surface area contributed by atoms with Gasteiger partial charge in [0.1, 0.15) is 0 Å². The molecule has 0 unspecified atom stereocenters. The average Bonchev–Trinajstić information content (AvgIpc) is 2.85. The van der Waals surface area contributed by atoms with Crippen LogP contribution in [-0.2, 0) is 0 Å². The van der Waals surface area contributed by atoms with Gasteiger partial charge in [-0.05, 0) is 74.0 Å². The molecule has 0 aromatic carbocycles. The van der Waals surface area contributed by atoms with E-state index in [-0.39, 0.29) is 0 Å². The van der Waals surface area contributed by atoms with E-state index < -0.39 is 0 Å². The SMILES string of the molecule is C=CCCC1CCC(CCCCC2CCC(C3CCC(CCCCCC)CC3)CC2)CC1. The molecule has 0 N–H and O–H groups in total. The van der Waals surface area contributed by atoms with Gasteiger partial charge in [0.15, 0.2) is 0 Å². The van der Waals surface area contributed by atoms with Gasteiger partial charge in [-0.15, -0.1) is 6.58 Å². The Labute approximate surface area is 202 Å². The molecule has 0 saturated heterocycles. The van der Waals surface area contributed by atoms with E-state index in [1.165, 1.54) is 89.9 Å². The van der Waals surface area contributed by atoms with Crippen LogP contribution < -0.4 is 0 Å². The Morgan fingerprint density at radius 3 is 1.28 bits per heavy atom. The van der Waals surface area contributed by atoms with Crippen LogP contribution in [0.1, 0.15) is 155 Å². The minimum atomic E-state index is 1.01. The van der Waals surface area contributed by atoms with Gasteiger partial charge in [0, 0.05) is 0 Å². The standard InChI is InChI=1S/C32H58/c1-3-5-7-8-12-29-19-23-31(24-20-29)32-25-21-30(22-26-32)14-10-9-13-28-17-15-27(16-18-28)11-6-4-2/h4,27-32H,2-3,5-26H2,1H3. The number of hydrogen-bond donors (Lipinski definition) is 0. The zero-order chi connectivity index (χ0) is 22.4. The van der Waals surface area contributed by atoms with E-state index in [9.17, 15) is 0 Å². The summed E-state index contributed by atoms with van der Waals surface area (Å²) in [5.41, 5.74) is 0. The smallest absolute Gasteiger partial charge is 0.0351 e. The van der Waals surface area contributed by atoms with E-state index in [0.29, 0.717) is 0 Å². The van der Waals surface area contributed by atoms with Crippen molar-refractivity contribution in [1.82, 2.24) is 0 Å². The molecular weight excluding hydrogens is 384 g/mol. The maximum atomic E-state index is 3.89. The van der Waals surface area contributed by atoms with Gasteiger partial charge in [0.05, 0.1) is 0 Å². The molecule has 3 rings (SSSR count). The first-order chi connectivity index (χ1) is 15.8. The summed E-state index contributed by atoms with van der Waals surface area (Å²) in [7, 11) is 0. The molecule has 0 aromatic heterocycles. The van der Waals surface area contributed by atoms with Gasteiger partial charge in [-0.2, -0.15) is 0 Å². The van der Waals surface area contributed by atoms with E-state index in [4.69, 9.17) is 0 Å². The van der Waals surface area contributed by atoms with Crippen molar-refractivity contribution in [2.24, 2.45) is 35.5 Å². The Morgan fingerprint density at radius 2 is 0.875 bits per heavy atom. The van der Waals surface area contributed by atoms with Crippen molar-refractivity contribution in [2.75, 3.05) is 0 Å². The third-order valence-electron chi connectivity index (χ3n) is 10.1. The van der Waals surface area contributed by atoms with Gasteiger partial charge in [-0.1, -0.05) is 122 Å². The van der Waals surface area contributed by atoms with E-state index in [1.807, 2.05) is 0 Å². The molecule has 0 aromatic rings. The van der Waals surface area contributed by atoms with Crippen LogP contribution in [0.5, 0.6) is 0 Å². The van der Waals surface area contributed by atoms with E-state index in [2.05, 4.69) is 19.6 Å². The Kier molecular flexibility index (Phi) is 12.8. The fraction of sp³-hybridized carbons (Fsp3) is 0.938. The first-order valence-corrected chi connectivity index (χ1v) is 15.4. The largest absolute Gasteiger partial charge is 0.103 e. The zero-order valence-electron chi connectivity index (χ0n) is 22.0. The number of unbranched alkanes of at least 4 members (excludes halogenated alkanes) is 4. The molecule has 0 atom stereocenters. The first-order valence-electron chi connectivity index (χ1n) is 15.4. The summed E-state index contributed by atoms with van der Waals surface area (Å²) in [6.07, 6.45) is 36.8. The summed E-state index contributed by atoms with van der Waals surface area (Å²) in [6, 6.07) is 0. The summed E-state index contributed by atoms with van der Waals surface area (Å²) >= 11 is 0. The highest BCUT2D eigenvalue weighted by Gasteiger charge is 2.30. The molecule has 0 nitrogen and oxygen atoms in total. The number of hydrogen-bond acceptors (Lipinski definition) is 0. The highest BCUT2D eigenvalue weighted by Crippen LogP contribution is 2.43. The lowest BCUT2D eigenvalue weighted by molar-refractivity contribution is 0.139. The number of allylic oxidation sites excluding steroid dienone is 1. The molecule has 0 heterocycles. The molecule has 3 aliphatic carbocycles. The normalized spacial score (nSPS) is 33.8. The molecule has 32 heavy (non-hydrogen) atoms. The van der Waals surface area contributed by atoms with Gasteiger partial charge in [0.2, 0.25) is 0 Å². The van der Waals surface area contributed by atoms with Gasteiger partial charge in [-0.25, -0.2) is 0 Å². The molecule has 0 heteroatoms. The topological polar surface area (TPSA) is 0 Å². The van der Waals surface area contributed by atoms with Crippen LogP contribution in [0.15, 0.2) is 12.7 Å². The van der Waals surface area contributed by atoms with Gasteiger partial charge >= 0.3 is 0 Å². The van der Waals surface area contributed by atoms with Crippen molar-refractivity contribution in [3.05, 3.63) is 12.7 Å². The van der Waals surface area contributed by atoms with Crippen LogP contribution >= 0.6 is 0 Å². The van der Waals surface area contributed by atoms with Crippen LogP contribution in [0.2, 0.25) is 0 Å². The third kappa shape index (κ3) is 9.54. The molecule has 0 aliphatic heterocycles. The van der Waals surface area contributed by atoms with Crippen molar-refractivity contribution in [3.63, 3.8) is 0 Å². The molecule has 3 aliphatic rings. The second kappa shape index (κ2) is 15.6. The zero-order valence-corrected chi connectivity index (χ0v) is 22.0. The van der Waals surface area contributed by atoms with Gasteiger partial charge in [0.25, 0.3) is 0 Å². The van der Waals surface area contributed by atoms with Crippen molar-refractivity contribution in [3.8, 4) is 0 Å². The van der Waals surface area contributed by atoms with Crippen LogP contribution in [0.3, 0.4) is 0 Å². The highest BCUT2D eigenvalue weighted by molar-refractivity contribution is 4.82. The monoisotopic (exact) mass is 442 g/mol. The minimum Gasteiger partial charge on any atom is -0.103 e. The molecule has 0 bridgehead atoms.